The minimum absolute atomic E-state index is 0.559. The van der Waals surface area contributed by atoms with Crippen LogP contribution in [0.15, 0.2) is 48.5 Å². The van der Waals surface area contributed by atoms with E-state index in [1.54, 1.807) is 0 Å². The fraction of sp³-hybridized carbons (Fsp3) is 0.188. The average molecular weight is 252 g/mol. The Labute approximate surface area is 113 Å². The van der Waals surface area contributed by atoms with Crippen molar-refractivity contribution in [3.63, 3.8) is 0 Å². The molecule has 0 atom stereocenters. The van der Waals surface area contributed by atoms with E-state index in [9.17, 15) is 0 Å². The van der Waals surface area contributed by atoms with Crippen molar-refractivity contribution in [2.75, 3.05) is 11.5 Å². The van der Waals surface area contributed by atoms with Gasteiger partial charge in [-0.15, -0.1) is 0 Å². The molecule has 0 saturated heterocycles. The number of benzene rings is 2. The second kappa shape index (κ2) is 4.76. The van der Waals surface area contributed by atoms with Crippen molar-refractivity contribution in [1.29, 1.82) is 5.41 Å². The van der Waals surface area contributed by atoms with E-state index < -0.39 is 0 Å². The van der Waals surface area contributed by atoms with Crippen LogP contribution in [-0.2, 0) is 6.54 Å². The van der Waals surface area contributed by atoms with Crippen LogP contribution < -0.4 is 9.64 Å². The van der Waals surface area contributed by atoms with Crippen LogP contribution in [0.1, 0.15) is 18.1 Å². The quantitative estimate of drug-likeness (QED) is 0.908. The summed E-state index contributed by atoms with van der Waals surface area (Å²) in [5, 5.41) is 8.28. The van der Waals surface area contributed by atoms with Crippen LogP contribution in [0.5, 0.6) is 5.75 Å². The highest BCUT2D eigenvalue weighted by atomic mass is 16.5. The summed E-state index contributed by atoms with van der Waals surface area (Å²) in [6.07, 6.45) is 0. The lowest BCUT2D eigenvalue weighted by Gasteiger charge is -2.18. The van der Waals surface area contributed by atoms with Crippen LogP contribution >= 0.6 is 0 Å². The van der Waals surface area contributed by atoms with Gasteiger partial charge in [0.2, 0.25) is 0 Å². The monoisotopic (exact) mass is 252 g/mol. The molecule has 3 nitrogen and oxygen atoms in total. The molecule has 2 aromatic carbocycles. The highest BCUT2D eigenvalue weighted by Crippen LogP contribution is 2.30. The molecule has 0 aliphatic carbocycles. The molecule has 1 heterocycles. The predicted molar refractivity (Wildman–Crippen MR) is 77.1 cm³/mol. The van der Waals surface area contributed by atoms with Gasteiger partial charge in [0.1, 0.15) is 11.6 Å². The Morgan fingerprint density at radius 2 is 2.00 bits per heavy atom. The molecule has 0 saturated carbocycles. The van der Waals surface area contributed by atoms with E-state index in [-0.39, 0.29) is 0 Å². The van der Waals surface area contributed by atoms with Gasteiger partial charge in [-0.2, -0.15) is 0 Å². The minimum atomic E-state index is 0.559. The molecule has 0 spiro atoms. The Bertz CT molecular complexity index is 622. The van der Waals surface area contributed by atoms with Gasteiger partial charge in [-0.05, 0) is 24.6 Å². The number of amidine groups is 1. The van der Waals surface area contributed by atoms with Crippen LogP contribution in [0, 0.1) is 5.41 Å². The smallest absolute Gasteiger partial charge is 0.133 e. The Morgan fingerprint density at radius 1 is 1.16 bits per heavy atom. The van der Waals surface area contributed by atoms with Crippen molar-refractivity contribution in [2.45, 2.75) is 13.5 Å². The van der Waals surface area contributed by atoms with Crippen LogP contribution in [0.2, 0.25) is 0 Å². The lowest BCUT2D eigenvalue weighted by atomic mass is 10.1. The first-order valence-corrected chi connectivity index (χ1v) is 6.47. The molecule has 2 aromatic rings. The van der Waals surface area contributed by atoms with Crippen LogP contribution in [0.3, 0.4) is 0 Å². The van der Waals surface area contributed by atoms with Crippen LogP contribution in [-0.4, -0.2) is 12.4 Å². The number of nitrogens with zero attached hydrogens (tertiary/aromatic N) is 1. The van der Waals surface area contributed by atoms with Gasteiger partial charge >= 0.3 is 0 Å². The van der Waals surface area contributed by atoms with Gasteiger partial charge in [0.05, 0.1) is 13.2 Å². The zero-order chi connectivity index (χ0) is 13.2. The van der Waals surface area contributed by atoms with Gasteiger partial charge in [-0.25, -0.2) is 0 Å². The lowest BCUT2D eigenvalue weighted by molar-refractivity contribution is 0.340. The summed E-state index contributed by atoms with van der Waals surface area (Å²) in [5.41, 5.74) is 3.23. The predicted octanol–water partition coefficient (Wildman–Crippen LogP) is 3.43. The van der Waals surface area contributed by atoms with Crippen molar-refractivity contribution < 1.29 is 4.74 Å². The highest BCUT2D eigenvalue weighted by Gasteiger charge is 2.24. The molecule has 96 valence electrons. The highest BCUT2D eigenvalue weighted by molar-refractivity contribution is 6.11. The normalized spacial score (nSPS) is 13.5. The van der Waals surface area contributed by atoms with Gasteiger partial charge in [0.25, 0.3) is 0 Å². The summed E-state index contributed by atoms with van der Waals surface area (Å²) in [7, 11) is 0. The second-order valence-electron chi connectivity index (χ2n) is 4.52. The SMILES string of the molecule is CCOc1cccc(N2Cc3ccccc3C2=N)c1. The molecule has 0 aromatic heterocycles. The number of rotatable bonds is 3. The third kappa shape index (κ3) is 2.08. The first-order valence-electron chi connectivity index (χ1n) is 6.47. The summed E-state index contributed by atoms with van der Waals surface area (Å²) in [6, 6.07) is 16.0. The van der Waals surface area contributed by atoms with Crippen molar-refractivity contribution in [2.24, 2.45) is 0 Å². The largest absolute Gasteiger partial charge is 0.494 e. The van der Waals surface area contributed by atoms with E-state index in [1.807, 2.05) is 54.3 Å². The number of ether oxygens (including phenoxy) is 1. The van der Waals surface area contributed by atoms with Gasteiger partial charge in [-0.1, -0.05) is 30.3 Å². The molecule has 0 unspecified atom stereocenters. The van der Waals surface area contributed by atoms with Crippen molar-refractivity contribution in [1.82, 2.24) is 0 Å². The molecule has 0 fully saturated rings. The summed E-state index contributed by atoms with van der Waals surface area (Å²) < 4.78 is 5.52. The Hall–Kier alpha value is -2.29. The van der Waals surface area contributed by atoms with Crippen LogP contribution in [0.4, 0.5) is 5.69 Å². The molecule has 1 aliphatic rings. The summed E-state index contributed by atoms with van der Waals surface area (Å²) in [5.74, 6) is 1.41. The number of anilines is 1. The molecule has 19 heavy (non-hydrogen) atoms. The third-order valence-electron chi connectivity index (χ3n) is 3.31. The fourth-order valence-corrected chi connectivity index (χ4v) is 2.41. The minimum Gasteiger partial charge on any atom is -0.494 e. The maximum Gasteiger partial charge on any atom is 0.133 e. The molecule has 3 heteroatoms. The van der Waals surface area contributed by atoms with Crippen molar-refractivity contribution in [3.05, 3.63) is 59.7 Å². The molecule has 0 radical (unpaired) electrons. The molecule has 1 N–H and O–H groups in total. The number of hydrogen-bond acceptors (Lipinski definition) is 2. The topological polar surface area (TPSA) is 36.3 Å². The van der Waals surface area contributed by atoms with E-state index in [2.05, 4.69) is 6.07 Å². The van der Waals surface area contributed by atoms with E-state index in [4.69, 9.17) is 10.1 Å². The molecular weight excluding hydrogens is 236 g/mol. The first-order chi connectivity index (χ1) is 9.29. The Kier molecular flexibility index (Phi) is 2.95. The maximum absolute atomic E-state index is 8.28. The van der Waals surface area contributed by atoms with E-state index in [1.165, 1.54) is 5.56 Å². The standard InChI is InChI=1S/C16H16N2O/c1-2-19-14-8-5-7-13(10-14)18-11-12-6-3-4-9-15(12)16(18)17/h3-10,17H,2,11H2,1H3. The molecule has 1 aliphatic heterocycles. The number of fused-ring (bicyclic) bond motifs is 1. The van der Waals surface area contributed by atoms with Crippen molar-refractivity contribution >= 4 is 11.5 Å². The third-order valence-corrected chi connectivity index (χ3v) is 3.31. The van der Waals surface area contributed by atoms with Gasteiger partial charge in [-0.3, -0.25) is 5.41 Å². The van der Waals surface area contributed by atoms with Gasteiger partial charge in [0.15, 0.2) is 0 Å². The van der Waals surface area contributed by atoms with Crippen molar-refractivity contribution in [3.8, 4) is 5.75 Å². The van der Waals surface area contributed by atoms with Crippen LogP contribution in [0.25, 0.3) is 0 Å². The molecule has 3 rings (SSSR count). The van der Waals surface area contributed by atoms with Gasteiger partial charge in [0, 0.05) is 17.3 Å². The first kappa shape index (κ1) is 11.8. The Morgan fingerprint density at radius 3 is 2.79 bits per heavy atom. The van der Waals surface area contributed by atoms with E-state index >= 15 is 0 Å². The summed E-state index contributed by atoms with van der Waals surface area (Å²) in [6.45, 7) is 3.38. The summed E-state index contributed by atoms with van der Waals surface area (Å²) in [4.78, 5) is 2.01. The second-order valence-corrected chi connectivity index (χ2v) is 4.52. The molecular formula is C16H16N2O. The zero-order valence-corrected chi connectivity index (χ0v) is 10.9. The fourth-order valence-electron chi connectivity index (χ4n) is 2.41. The van der Waals surface area contributed by atoms with Gasteiger partial charge < -0.3 is 9.64 Å². The number of hydrogen-bond donors (Lipinski definition) is 1. The zero-order valence-electron chi connectivity index (χ0n) is 10.9. The maximum atomic E-state index is 8.28. The van der Waals surface area contributed by atoms with E-state index in [0.29, 0.717) is 12.4 Å². The summed E-state index contributed by atoms with van der Waals surface area (Å²) >= 11 is 0. The Balaban J connectivity index is 1.93. The lowest BCUT2D eigenvalue weighted by Crippen LogP contribution is -2.22. The van der Waals surface area contributed by atoms with E-state index in [0.717, 1.165) is 23.5 Å². The molecule has 0 amide bonds. The average Bonchev–Trinajstić information content (AvgIpc) is 2.78. The molecule has 0 bridgehead atoms. The number of nitrogens with one attached hydrogen (secondary N) is 1.